The zero-order valence-corrected chi connectivity index (χ0v) is 11.8. The second kappa shape index (κ2) is 3.65. The average molecular weight is 294 g/mol. The SMILES string of the molecule is NN1C(=O)c2c(Cl)ccc(=O)n2C12CCC1(CC1)CC2. The molecule has 1 aliphatic heterocycles. The Morgan fingerprint density at radius 1 is 1.05 bits per heavy atom. The zero-order valence-electron chi connectivity index (χ0n) is 11.1. The second-order valence-electron chi connectivity index (χ2n) is 6.36. The maximum Gasteiger partial charge on any atom is 0.288 e. The molecule has 2 heterocycles. The van der Waals surface area contributed by atoms with Gasteiger partial charge in [-0.1, -0.05) is 11.6 Å². The van der Waals surface area contributed by atoms with Crippen LogP contribution in [0.1, 0.15) is 49.0 Å². The highest BCUT2D eigenvalue weighted by atomic mass is 35.5. The lowest BCUT2D eigenvalue weighted by atomic mass is 9.79. The Labute approximate surface area is 121 Å². The van der Waals surface area contributed by atoms with E-state index in [9.17, 15) is 9.59 Å². The van der Waals surface area contributed by atoms with Crippen LogP contribution in [0.4, 0.5) is 0 Å². The van der Waals surface area contributed by atoms with Gasteiger partial charge in [0.15, 0.2) is 0 Å². The summed E-state index contributed by atoms with van der Waals surface area (Å²) >= 11 is 6.11. The van der Waals surface area contributed by atoms with Crippen molar-refractivity contribution in [2.24, 2.45) is 11.3 Å². The highest BCUT2D eigenvalue weighted by molar-refractivity contribution is 6.33. The Kier molecular flexibility index (Phi) is 2.27. The molecule has 1 aromatic rings. The molecule has 0 atom stereocenters. The van der Waals surface area contributed by atoms with Crippen molar-refractivity contribution in [2.45, 2.75) is 44.2 Å². The van der Waals surface area contributed by atoms with Gasteiger partial charge in [-0.05, 0) is 50.0 Å². The largest absolute Gasteiger partial charge is 0.288 e. The van der Waals surface area contributed by atoms with Crippen molar-refractivity contribution < 1.29 is 4.79 Å². The summed E-state index contributed by atoms with van der Waals surface area (Å²) in [6, 6.07) is 2.90. The Morgan fingerprint density at radius 3 is 2.25 bits per heavy atom. The maximum absolute atomic E-state index is 12.4. The third-order valence-electron chi connectivity index (χ3n) is 5.40. The minimum Gasteiger partial charge on any atom is -0.277 e. The number of hydrogen-bond donors (Lipinski definition) is 1. The van der Waals surface area contributed by atoms with Gasteiger partial charge in [0.1, 0.15) is 11.4 Å². The third kappa shape index (κ3) is 1.37. The number of carbonyl (C=O) groups excluding carboxylic acids is 1. The minimum atomic E-state index is -0.706. The highest BCUT2D eigenvalue weighted by Crippen LogP contribution is 2.60. The molecule has 0 bridgehead atoms. The van der Waals surface area contributed by atoms with E-state index in [2.05, 4.69) is 0 Å². The van der Waals surface area contributed by atoms with Crippen molar-refractivity contribution in [3.8, 4) is 0 Å². The summed E-state index contributed by atoms with van der Waals surface area (Å²) < 4.78 is 1.53. The monoisotopic (exact) mass is 293 g/mol. The number of hydrogen-bond acceptors (Lipinski definition) is 3. The van der Waals surface area contributed by atoms with Crippen LogP contribution in [0.3, 0.4) is 0 Å². The molecule has 3 aliphatic rings. The van der Waals surface area contributed by atoms with Crippen LogP contribution in [0.5, 0.6) is 0 Å². The van der Waals surface area contributed by atoms with Crippen LogP contribution in [0, 0.1) is 5.41 Å². The molecule has 2 spiro atoms. The van der Waals surface area contributed by atoms with Gasteiger partial charge in [-0.15, -0.1) is 0 Å². The van der Waals surface area contributed by atoms with Gasteiger partial charge in [0.2, 0.25) is 0 Å². The van der Waals surface area contributed by atoms with Gasteiger partial charge in [-0.3, -0.25) is 14.2 Å². The van der Waals surface area contributed by atoms with Crippen molar-refractivity contribution >= 4 is 17.5 Å². The fourth-order valence-corrected chi connectivity index (χ4v) is 4.09. The van der Waals surface area contributed by atoms with Crippen LogP contribution < -0.4 is 11.4 Å². The lowest BCUT2D eigenvalue weighted by Crippen LogP contribution is -2.55. The second-order valence-corrected chi connectivity index (χ2v) is 6.77. The minimum absolute atomic E-state index is 0.197. The first-order valence-electron chi connectivity index (χ1n) is 7.01. The van der Waals surface area contributed by atoms with Gasteiger partial charge in [0, 0.05) is 6.07 Å². The number of halogens is 1. The van der Waals surface area contributed by atoms with E-state index in [-0.39, 0.29) is 17.2 Å². The molecule has 20 heavy (non-hydrogen) atoms. The summed E-state index contributed by atoms with van der Waals surface area (Å²) in [5, 5.41) is 1.54. The van der Waals surface area contributed by atoms with Crippen LogP contribution in [0.2, 0.25) is 5.02 Å². The van der Waals surface area contributed by atoms with Crippen molar-refractivity contribution in [1.82, 2.24) is 9.58 Å². The number of pyridine rings is 1. The molecule has 2 saturated carbocycles. The van der Waals surface area contributed by atoms with E-state index in [1.807, 2.05) is 0 Å². The van der Waals surface area contributed by atoms with Gasteiger partial charge in [-0.2, -0.15) is 0 Å². The summed E-state index contributed by atoms with van der Waals surface area (Å²) in [7, 11) is 0. The van der Waals surface area contributed by atoms with Crippen molar-refractivity contribution in [1.29, 1.82) is 0 Å². The summed E-state index contributed by atoms with van der Waals surface area (Å²) in [4.78, 5) is 24.7. The number of carbonyl (C=O) groups is 1. The Hall–Kier alpha value is -1.33. The number of nitrogens with two attached hydrogens (primary N) is 1. The van der Waals surface area contributed by atoms with Crippen molar-refractivity contribution in [3.05, 3.63) is 33.2 Å². The summed E-state index contributed by atoms with van der Waals surface area (Å²) in [5.74, 6) is 5.70. The van der Waals surface area contributed by atoms with Gasteiger partial charge in [0.25, 0.3) is 11.5 Å². The molecule has 2 fully saturated rings. The lowest BCUT2D eigenvalue weighted by molar-refractivity contribution is -0.00146. The van der Waals surface area contributed by atoms with E-state index < -0.39 is 5.66 Å². The Morgan fingerprint density at radius 2 is 1.65 bits per heavy atom. The van der Waals surface area contributed by atoms with E-state index >= 15 is 0 Å². The predicted octanol–water partition coefficient (Wildman–Crippen LogP) is 1.84. The first-order chi connectivity index (χ1) is 9.49. The topological polar surface area (TPSA) is 68.3 Å². The fraction of sp³-hybridized carbons (Fsp3) is 0.571. The Bertz CT molecular complexity index is 667. The van der Waals surface area contributed by atoms with Crippen LogP contribution in [0.25, 0.3) is 0 Å². The van der Waals surface area contributed by atoms with Crippen LogP contribution in [-0.2, 0) is 5.66 Å². The molecule has 2 N–H and O–H groups in total. The standard InChI is InChI=1S/C14H16ClN3O2/c15-9-1-2-10(19)17-11(9)12(20)18(16)14(17)7-5-13(3-4-13)6-8-14/h1-2H,3-8,16H2. The normalized spacial score (nSPS) is 25.3. The quantitative estimate of drug-likeness (QED) is 0.586. The van der Waals surface area contributed by atoms with E-state index in [4.69, 9.17) is 17.4 Å². The number of fused-ring (bicyclic) bond motifs is 2. The lowest BCUT2D eigenvalue weighted by Gasteiger charge is -2.42. The molecule has 0 unspecified atom stereocenters. The van der Waals surface area contributed by atoms with E-state index in [0.29, 0.717) is 10.4 Å². The predicted molar refractivity (Wildman–Crippen MR) is 74.2 cm³/mol. The number of aromatic nitrogens is 1. The van der Waals surface area contributed by atoms with Crippen LogP contribution in [-0.4, -0.2) is 15.5 Å². The van der Waals surface area contributed by atoms with E-state index in [0.717, 1.165) is 25.7 Å². The van der Waals surface area contributed by atoms with Gasteiger partial charge in [0.05, 0.1) is 5.02 Å². The van der Waals surface area contributed by atoms with Crippen LogP contribution >= 0.6 is 11.6 Å². The molecule has 2 aliphatic carbocycles. The highest BCUT2D eigenvalue weighted by Gasteiger charge is 2.56. The summed E-state index contributed by atoms with van der Waals surface area (Å²) in [6.45, 7) is 0. The third-order valence-corrected chi connectivity index (χ3v) is 5.70. The first-order valence-corrected chi connectivity index (χ1v) is 7.38. The zero-order chi connectivity index (χ0) is 14.1. The average Bonchev–Trinajstić information content (AvgIpc) is 3.16. The molecule has 1 amide bonds. The fourth-order valence-electron chi connectivity index (χ4n) is 3.86. The van der Waals surface area contributed by atoms with E-state index in [1.165, 1.54) is 34.6 Å². The molecule has 0 radical (unpaired) electrons. The molecular formula is C14H16ClN3O2. The van der Waals surface area contributed by atoms with Gasteiger partial charge < -0.3 is 0 Å². The van der Waals surface area contributed by atoms with Gasteiger partial charge >= 0.3 is 0 Å². The molecule has 1 aromatic heterocycles. The molecular weight excluding hydrogens is 278 g/mol. The summed E-state index contributed by atoms with van der Waals surface area (Å²) in [6.07, 6.45) is 6.04. The van der Waals surface area contributed by atoms with Crippen molar-refractivity contribution in [2.75, 3.05) is 0 Å². The maximum atomic E-state index is 12.4. The molecule has 5 nitrogen and oxygen atoms in total. The smallest absolute Gasteiger partial charge is 0.277 e. The first kappa shape index (κ1) is 12.4. The van der Waals surface area contributed by atoms with Crippen molar-refractivity contribution in [3.63, 3.8) is 0 Å². The van der Waals surface area contributed by atoms with E-state index in [1.54, 1.807) is 0 Å². The number of hydrazine groups is 1. The Balaban J connectivity index is 1.88. The molecule has 0 aromatic carbocycles. The molecule has 6 heteroatoms. The molecule has 0 saturated heterocycles. The van der Waals surface area contributed by atoms with Gasteiger partial charge in [-0.25, -0.2) is 10.9 Å². The molecule has 4 rings (SSSR count). The number of amides is 1. The molecule has 106 valence electrons. The van der Waals surface area contributed by atoms with Crippen LogP contribution in [0.15, 0.2) is 16.9 Å². The number of nitrogens with zero attached hydrogens (tertiary/aromatic N) is 2. The summed E-state index contributed by atoms with van der Waals surface area (Å²) in [5.41, 5.74) is -0.201. The number of rotatable bonds is 0.